The molecular weight excluding hydrogens is 799 g/mol. The third kappa shape index (κ3) is 11.7. The summed E-state index contributed by atoms with van der Waals surface area (Å²) in [4.78, 5) is 30.3. The Morgan fingerprint density at radius 2 is 1.63 bits per heavy atom. The van der Waals surface area contributed by atoms with Gasteiger partial charge in [0.1, 0.15) is 23.9 Å². The zero-order valence-corrected chi connectivity index (χ0v) is 38.6. The molecule has 0 spiro atoms. The van der Waals surface area contributed by atoms with E-state index in [2.05, 4.69) is 10.5 Å². The minimum atomic E-state index is -1.96. The highest BCUT2D eigenvalue weighted by atomic mass is 32.1. The highest BCUT2D eigenvalue weighted by molar-refractivity contribution is 7.10. The number of likely N-dealkylation sites (N-methyl/N-ethyl adjacent to an activating group) is 1. The van der Waals surface area contributed by atoms with E-state index in [-0.39, 0.29) is 50.2 Å². The SMILES string of the molecule is CCC1OC(=O)C(C)C(OC2CC(C)(OC)C(O)C(C)O2)CC(OC2OC(C)CC(N(C)C)C2O)C(C)(OC)CC(C)C(=NNC(=O)Cc2cccs2)C(C)C(O)C1(C)O. The van der Waals surface area contributed by atoms with E-state index in [1.165, 1.54) is 32.5 Å². The average molecular weight is 872 g/mol. The summed E-state index contributed by atoms with van der Waals surface area (Å²) in [7, 11) is 6.81. The van der Waals surface area contributed by atoms with Crippen LogP contribution in [-0.2, 0) is 49.2 Å². The Morgan fingerprint density at radius 3 is 2.22 bits per heavy atom. The Bertz CT molecular complexity index is 1570. The molecule has 0 saturated carbocycles. The van der Waals surface area contributed by atoms with Crippen LogP contribution in [0.2, 0.25) is 0 Å². The van der Waals surface area contributed by atoms with Crippen molar-refractivity contribution in [2.75, 3.05) is 28.3 Å². The minimum absolute atomic E-state index is 0.00318. The molecule has 3 saturated heterocycles. The Morgan fingerprint density at radius 1 is 0.967 bits per heavy atom. The summed E-state index contributed by atoms with van der Waals surface area (Å²) in [6.45, 7) is 15.7. The molecule has 17 atom stereocenters. The number of hydrogen-bond acceptors (Lipinski definition) is 16. The molecule has 1 aromatic heterocycles. The number of rotatable bonds is 11. The molecule has 3 fully saturated rings. The van der Waals surface area contributed by atoms with E-state index in [1.54, 1.807) is 34.6 Å². The van der Waals surface area contributed by atoms with Crippen molar-refractivity contribution in [2.24, 2.45) is 22.9 Å². The number of esters is 1. The molecule has 17 unspecified atom stereocenters. The van der Waals surface area contributed by atoms with Crippen LogP contribution in [-0.4, -0.2) is 155 Å². The van der Waals surface area contributed by atoms with Gasteiger partial charge in [0.25, 0.3) is 0 Å². The van der Waals surface area contributed by atoms with Crippen LogP contribution >= 0.6 is 11.3 Å². The topological polar surface area (TPSA) is 207 Å². The second-order valence-electron chi connectivity index (χ2n) is 18.1. The van der Waals surface area contributed by atoms with Crippen LogP contribution in [0, 0.1) is 17.8 Å². The lowest BCUT2D eigenvalue weighted by Crippen LogP contribution is -2.59. The van der Waals surface area contributed by atoms with Crippen LogP contribution < -0.4 is 5.43 Å². The molecule has 1 amide bonds. The average Bonchev–Trinajstić information content (AvgIpc) is 3.71. The predicted molar refractivity (Wildman–Crippen MR) is 225 cm³/mol. The summed E-state index contributed by atoms with van der Waals surface area (Å²) in [6, 6.07) is 3.42. The van der Waals surface area contributed by atoms with Crippen LogP contribution in [0.4, 0.5) is 0 Å². The number of cyclic esters (lactones) is 1. The van der Waals surface area contributed by atoms with E-state index in [1.807, 2.05) is 57.3 Å². The second kappa shape index (κ2) is 21.0. The normalized spacial score (nSPS) is 43.4. The van der Waals surface area contributed by atoms with Gasteiger partial charge >= 0.3 is 5.97 Å². The largest absolute Gasteiger partial charge is 0.459 e. The summed E-state index contributed by atoms with van der Waals surface area (Å²) >= 11 is 1.45. The van der Waals surface area contributed by atoms with Gasteiger partial charge in [-0.1, -0.05) is 26.8 Å². The number of carbonyl (C=O) groups excluding carboxylic acids is 2. The monoisotopic (exact) mass is 871 g/mol. The van der Waals surface area contributed by atoms with Crippen LogP contribution in [0.5, 0.6) is 0 Å². The quantitative estimate of drug-likeness (QED) is 0.160. The van der Waals surface area contributed by atoms with Crippen molar-refractivity contribution >= 4 is 28.9 Å². The van der Waals surface area contributed by atoms with Gasteiger partial charge in [0, 0.05) is 49.6 Å². The van der Waals surface area contributed by atoms with E-state index < -0.39 is 95.8 Å². The number of aliphatic hydroxyl groups is 4. The maximum atomic E-state index is 14.3. The van der Waals surface area contributed by atoms with Gasteiger partial charge in [-0.05, 0) is 92.3 Å². The lowest BCUT2D eigenvalue weighted by atomic mass is 9.75. The number of hydrogen-bond donors (Lipinski definition) is 5. The van der Waals surface area contributed by atoms with Gasteiger partial charge in [-0.2, -0.15) is 5.10 Å². The smallest absolute Gasteiger partial charge is 0.311 e. The molecule has 1 aromatic rings. The molecule has 3 aliphatic heterocycles. The Kier molecular flexibility index (Phi) is 17.7. The number of nitrogens with one attached hydrogen (secondary N) is 1. The fourth-order valence-electron chi connectivity index (χ4n) is 8.97. The number of thiophene rings is 1. The van der Waals surface area contributed by atoms with Gasteiger partial charge in [-0.15, -0.1) is 11.3 Å². The Hall–Kier alpha value is -2.13. The molecule has 4 rings (SSSR count). The molecular formula is C43H73N3O13S. The standard InChI is InChI=1S/C43H73N3O13S/c1-14-31-43(9,52)37(49)26(5)35(45-44-33(47)19-28-16-15-17-60-28)23(2)21-41(7,53-12)32(59-40-36(48)29(46(10)11)18-24(3)55-40)20-30(25(4)39(51)58-31)57-34-22-42(8,54-13)38(50)27(6)56-34/h15-17,23-27,29-32,34,36-38,40,48-50,52H,14,18-22H2,1-13H3,(H,44,47). The van der Waals surface area contributed by atoms with Gasteiger partial charge in [0.15, 0.2) is 12.6 Å². The maximum absolute atomic E-state index is 14.3. The molecule has 4 heterocycles. The predicted octanol–water partition coefficient (Wildman–Crippen LogP) is 3.40. The first-order valence-electron chi connectivity index (χ1n) is 21.3. The van der Waals surface area contributed by atoms with E-state index in [9.17, 15) is 30.0 Å². The molecule has 0 bridgehead atoms. The van der Waals surface area contributed by atoms with Crippen LogP contribution in [0.1, 0.15) is 99.3 Å². The third-order valence-corrected chi connectivity index (χ3v) is 14.0. The maximum Gasteiger partial charge on any atom is 0.311 e. The van der Waals surface area contributed by atoms with Crippen molar-refractivity contribution in [2.45, 2.75) is 185 Å². The Balaban J connectivity index is 1.86. The number of aliphatic hydroxyl groups excluding tert-OH is 3. The highest BCUT2D eigenvalue weighted by Crippen LogP contribution is 2.40. The lowest BCUT2D eigenvalue weighted by molar-refractivity contribution is -0.309. The van der Waals surface area contributed by atoms with Crippen molar-refractivity contribution in [1.29, 1.82) is 0 Å². The molecule has 0 aliphatic carbocycles. The summed E-state index contributed by atoms with van der Waals surface area (Å²) in [5.74, 6) is -3.46. The fourth-order valence-corrected chi connectivity index (χ4v) is 9.68. The molecule has 344 valence electrons. The second-order valence-corrected chi connectivity index (χ2v) is 19.1. The van der Waals surface area contributed by atoms with Gasteiger partial charge in [-0.25, -0.2) is 5.43 Å². The van der Waals surface area contributed by atoms with Crippen molar-refractivity contribution in [3.8, 4) is 0 Å². The molecule has 17 heteroatoms. The molecule has 5 N–H and O–H groups in total. The van der Waals surface area contributed by atoms with Crippen molar-refractivity contribution in [1.82, 2.24) is 10.3 Å². The Labute approximate surface area is 360 Å². The summed E-state index contributed by atoms with van der Waals surface area (Å²) < 4.78 is 44.3. The van der Waals surface area contributed by atoms with Crippen LogP contribution in [0.15, 0.2) is 22.6 Å². The number of methoxy groups -OCH3 is 2. The number of carbonyl (C=O) groups is 2. The number of nitrogens with zero attached hydrogens (tertiary/aromatic N) is 2. The fraction of sp³-hybridized carbons (Fsp3) is 0.837. The summed E-state index contributed by atoms with van der Waals surface area (Å²) in [6.07, 6.45) is -8.53. The van der Waals surface area contributed by atoms with Crippen LogP contribution in [0.25, 0.3) is 0 Å². The zero-order valence-electron chi connectivity index (χ0n) is 37.8. The van der Waals surface area contributed by atoms with Crippen molar-refractivity contribution < 1.29 is 63.2 Å². The van der Waals surface area contributed by atoms with Crippen molar-refractivity contribution in [3.63, 3.8) is 0 Å². The van der Waals surface area contributed by atoms with E-state index in [4.69, 9.17) is 33.2 Å². The first kappa shape index (κ1) is 50.5. The number of amides is 1. The van der Waals surface area contributed by atoms with Gasteiger partial charge in [-0.3, -0.25) is 9.59 Å². The minimum Gasteiger partial charge on any atom is -0.459 e. The van der Waals surface area contributed by atoms with E-state index >= 15 is 0 Å². The molecule has 0 aromatic carbocycles. The van der Waals surface area contributed by atoms with Gasteiger partial charge < -0.3 is 58.5 Å². The zero-order chi connectivity index (χ0) is 44.9. The molecule has 60 heavy (non-hydrogen) atoms. The lowest BCUT2D eigenvalue weighted by Gasteiger charge is -2.48. The van der Waals surface area contributed by atoms with Crippen LogP contribution in [0.3, 0.4) is 0 Å². The molecule has 0 radical (unpaired) electrons. The first-order chi connectivity index (χ1) is 28.0. The molecule has 3 aliphatic rings. The number of ether oxygens (including phenoxy) is 7. The van der Waals surface area contributed by atoms with Gasteiger partial charge in [0.2, 0.25) is 5.91 Å². The third-order valence-electron chi connectivity index (χ3n) is 13.2. The van der Waals surface area contributed by atoms with E-state index in [0.717, 1.165) is 4.88 Å². The van der Waals surface area contributed by atoms with Gasteiger partial charge in [0.05, 0.1) is 54.1 Å². The van der Waals surface area contributed by atoms with Crippen molar-refractivity contribution in [3.05, 3.63) is 22.4 Å². The molecule has 16 nitrogen and oxygen atoms in total. The first-order valence-corrected chi connectivity index (χ1v) is 22.1. The highest BCUT2D eigenvalue weighted by Gasteiger charge is 2.52. The summed E-state index contributed by atoms with van der Waals surface area (Å²) in [5, 5.41) is 53.2. The van der Waals surface area contributed by atoms with E-state index in [0.29, 0.717) is 12.1 Å². The number of hydrazone groups is 1. The summed E-state index contributed by atoms with van der Waals surface area (Å²) in [5.41, 5.74) is -1.19.